The molecular weight excluding hydrogens is 568 g/mol. The van der Waals surface area contributed by atoms with E-state index in [1.165, 1.54) is 0 Å². The van der Waals surface area contributed by atoms with Gasteiger partial charge in [0.05, 0.1) is 0 Å². The van der Waals surface area contributed by atoms with Crippen molar-refractivity contribution in [2.75, 3.05) is 0 Å². The maximum atomic E-state index is 10.7. The van der Waals surface area contributed by atoms with Crippen molar-refractivity contribution in [2.24, 2.45) is 0 Å². The molecule has 0 unspecified atom stereocenters. The van der Waals surface area contributed by atoms with Gasteiger partial charge in [-0.15, -0.1) is 0 Å². The number of hydrogen-bond acceptors (Lipinski definition) is 6. The molecule has 0 aliphatic heterocycles. The fraction of sp³-hybridized carbons (Fsp3) is 1.00. The minimum absolute atomic E-state index is 2.51. The van der Waals surface area contributed by atoms with Gasteiger partial charge in [-0.2, -0.15) is 43.2 Å². The summed E-state index contributed by atoms with van der Waals surface area (Å²) in [5.74, 6) is 0. The van der Waals surface area contributed by atoms with Crippen LogP contribution in [0.5, 0.6) is 0 Å². The molecule has 0 amide bonds. The summed E-state index contributed by atoms with van der Waals surface area (Å²) in [6.45, 7) is 0. The van der Waals surface area contributed by atoms with Crippen LogP contribution in [0.25, 0.3) is 0 Å². The van der Waals surface area contributed by atoms with Crippen LogP contribution in [0.4, 0.5) is 26.3 Å². The summed E-state index contributed by atoms with van der Waals surface area (Å²) in [5.41, 5.74) is -11.1. The second-order valence-corrected chi connectivity index (χ2v) is 5.44. The summed E-state index contributed by atoms with van der Waals surface area (Å²) < 4.78 is 132. The number of alkyl halides is 6. The van der Waals surface area contributed by atoms with Crippen LogP contribution in [0.15, 0.2) is 0 Å². The monoisotopic (exact) mass is 570 g/mol. The first-order chi connectivity index (χ1) is 7.91. The standard InChI is InChI=1S/2CHF3O3S.2O.U/c2*2-1(3,4)8(5,6)7;;;/h2*(H,5,6,7);;;. The van der Waals surface area contributed by atoms with Crippen LogP contribution in [0.1, 0.15) is 0 Å². The molecule has 0 spiro atoms. The van der Waals surface area contributed by atoms with Gasteiger partial charge in [-0.05, 0) is 0 Å². The average molecular weight is 570 g/mol. The summed E-state index contributed by atoms with van der Waals surface area (Å²) in [7, 11) is -11.7. The van der Waals surface area contributed by atoms with Gasteiger partial charge in [0.2, 0.25) is 0 Å². The SMILES string of the molecule is O=S(=O)(O)C(F)(F)F.O=S(=O)(O)C(F)(F)F.[O]=[U]=[O]. The molecule has 8 nitrogen and oxygen atoms in total. The van der Waals surface area contributed by atoms with Gasteiger partial charge in [-0.25, -0.2) is 0 Å². The van der Waals surface area contributed by atoms with E-state index >= 15 is 0 Å². The Bertz CT molecular complexity index is 450. The van der Waals surface area contributed by atoms with Crippen molar-refractivity contribution >= 4 is 20.2 Å². The van der Waals surface area contributed by atoms with E-state index in [0.717, 1.165) is 0 Å². The van der Waals surface area contributed by atoms with Crippen LogP contribution in [0.3, 0.4) is 0 Å². The Balaban J connectivity index is -0.000000224. The zero-order valence-corrected chi connectivity index (χ0v) is 13.7. The Hall–Kier alpha value is 0.0519. The van der Waals surface area contributed by atoms with E-state index in [2.05, 4.69) is 0 Å². The van der Waals surface area contributed by atoms with E-state index in [-0.39, 0.29) is 0 Å². The number of hydrogen-bond donors (Lipinski definition) is 2. The van der Waals surface area contributed by atoms with E-state index in [1.54, 1.807) is 0 Å². The third-order valence-electron chi connectivity index (χ3n) is 0.585. The first kappa shape index (κ1) is 24.1. The molecule has 0 aliphatic rings. The van der Waals surface area contributed by atoms with Gasteiger partial charge in [0, 0.05) is 0 Å². The van der Waals surface area contributed by atoms with E-state index in [1.807, 2.05) is 0 Å². The van der Waals surface area contributed by atoms with E-state index in [0.29, 0.717) is 0 Å². The molecular formula is C2H2F6O8S2U. The molecule has 0 atom stereocenters. The summed E-state index contributed by atoms with van der Waals surface area (Å²) in [6, 6.07) is 0. The van der Waals surface area contributed by atoms with E-state index in [9.17, 15) is 26.3 Å². The molecule has 0 aliphatic carbocycles. The molecule has 0 saturated heterocycles. The fourth-order valence-corrected chi connectivity index (χ4v) is 0. The van der Waals surface area contributed by atoms with Crippen molar-refractivity contribution in [3.05, 3.63) is 0 Å². The van der Waals surface area contributed by atoms with Gasteiger partial charge in [0.25, 0.3) is 0 Å². The first-order valence-corrected chi connectivity index (χ1v) is 9.26. The minimum atomic E-state index is -5.84. The molecule has 2 N–H and O–H groups in total. The van der Waals surface area contributed by atoms with Crippen LogP contribution >= 0.6 is 0 Å². The summed E-state index contributed by atoms with van der Waals surface area (Å²) >= 11 is -2.51. The number of rotatable bonds is 0. The Morgan fingerprint density at radius 3 is 0.737 bits per heavy atom. The Kier molecular flexibility index (Phi) is 10.6. The zero-order chi connectivity index (χ0) is 16.7. The molecule has 0 saturated carbocycles. The molecule has 17 heteroatoms. The second-order valence-electron chi connectivity index (χ2n) is 1.92. The van der Waals surface area contributed by atoms with Crippen LogP contribution in [0.2, 0.25) is 0 Å². The predicted octanol–water partition coefficient (Wildman–Crippen LogP) is 0.550. The fourth-order valence-electron chi connectivity index (χ4n) is 0. The molecule has 0 aromatic carbocycles. The van der Waals surface area contributed by atoms with Crippen LogP contribution in [-0.4, -0.2) is 37.0 Å². The third-order valence-corrected chi connectivity index (χ3v) is 1.75. The molecule has 0 heterocycles. The normalized spacial score (nSPS) is 12.2. The van der Waals surface area contributed by atoms with Gasteiger partial charge < -0.3 is 0 Å². The molecule has 19 heavy (non-hydrogen) atoms. The van der Waals surface area contributed by atoms with Crippen molar-refractivity contribution in [2.45, 2.75) is 11.0 Å². The summed E-state index contributed by atoms with van der Waals surface area (Å²) in [4.78, 5) is 0. The average Bonchev–Trinajstić information content (AvgIpc) is 1.97. The number of halogens is 6. The van der Waals surface area contributed by atoms with Crippen LogP contribution in [-0.2, 0) is 24.7 Å². The zero-order valence-electron chi connectivity index (χ0n) is 7.93. The first-order valence-electron chi connectivity index (χ1n) is 2.98. The van der Waals surface area contributed by atoms with E-state index < -0.39 is 59.1 Å². The Labute approximate surface area is 115 Å². The quantitative estimate of drug-likeness (QED) is 0.245. The van der Waals surface area contributed by atoms with Crippen molar-refractivity contribution in [3.8, 4) is 0 Å². The summed E-state index contributed by atoms with van der Waals surface area (Å²) in [5, 5.41) is 0. The molecule has 0 fully saturated rings. The molecule has 0 rings (SSSR count). The van der Waals surface area contributed by atoms with Crippen molar-refractivity contribution in [1.29, 1.82) is 0 Å². The predicted molar refractivity (Wildman–Crippen MR) is 36.6 cm³/mol. The molecule has 0 aromatic heterocycles. The van der Waals surface area contributed by atoms with Crippen molar-refractivity contribution in [1.82, 2.24) is 0 Å². The van der Waals surface area contributed by atoms with Gasteiger partial charge in [0.1, 0.15) is 0 Å². The van der Waals surface area contributed by atoms with Crippen LogP contribution in [0, 0.1) is 27.8 Å². The van der Waals surface area contributed by atoms with Gasteiger partial charge in [0.15, 0.2) is 0 Å². The molecule has 0 radical (unpaired) electrons. The van der Waals surface area contributed by atoms with Gasteiger partial charge in [-0.3, -0.25) is 9.11 Å². The van der Waals surface area contributed by atoms with Gasteiger partial charge >= 0.3 is 63.5 Å². The molecule has 0 aromatic rings. The van der Waals surface area contributed by atoms with Crippen molar-refractivity contribution in [3.63, 3.8) is 0 Å². The van der Waals surface area contributed by atoms with Crippen molar-refractivity contribution < 1.29 is 84.6 Å². The second kappa shape index (κ2) is 8.36. The Morgan fingerprint density at radius 1 is 0.684 bits per heavy atom. The summed E-state index contributed by atoms with van der Waals surface area (Å²) in [6.07, 6.45) is 0. The molecule has 0 bridgehead atoms. The van der Waals surface area contributed by atoms with Gasteiger partial charge in [-0.1, -0.05) is 0 Å². The maximum absolute atomic E-state index is 10.7. The third kappa shape index (κ3) is 14.3. The molecule has 116 valence electrons. The topological polar surface area (TPSA) is 143 Å². The Morgan fingerprint density at radius 2 is 0.737 bits per heavy atom. The van der Waals surface area contributed by atoms with E-state index in [4.69, 9.17) is 30.4 Å². The van der Waals surface area contributed by atoms with Crippen LogP contribution < -0.4 is 0 Å².